The van der Waals surface area contributed by atoms with Gasteiger partial charge in [-0.05, 0) is 71.4 Å². The largest absolute Gasteiger partial charge is 0.340 e. The molecule has 0 saturated carbocycles. The molecular weight excluding hydrogens is 346 g/mol. The molecule has 0 aromatic heterocycles. The number of amides is 1. The van der Waals surface area contributed by atoms with Gasteiger partial charge in [0.25, 0.3) is 0 Å². The lowest BCUT2D eigenvalue weighted by Crippen LogP contribution is -2.58. The second-order valence-electron chi connectivity index (χ2n) is 7.87. The van der Waals surface area contributed by atoms with E-state index < -0.39 is 0 Å². The number of rotatable bonds is 8. The van der Waals surface area contributed by atoms with Crippen molar-refractivity contribution in [2.24, 2.45) is 0 Å². The Hall–Kier alpha value is -1.10. The van der Waals surface area contributed by atoms with Crippen molar-refractivity contribution in [1.29, 1.82) is 0 Å². The van der Waals surface area contributed by atoms with Crippen LogP contribution in [0, 0.1) is 0 Å². The highest BCUT2D eigenvalue weighted by Crippen LogP contribution is 2.18. The lowest BCUT2D eigenvalue weighted by Gasteiger charge is -2.44. The van der Waals surface area contributed by atoms with Crippen molar-refractivity contribution in [1.82, 2.24) is 14.7 Å². The van der Waals surface area contributed by atoms with E-state index in [0.29, 0.717) is 24.4 Å². The first-order chi connectivity index (χ1) is 12.4. The fourth-order valence-corrected chi connectivity index (χ4v) is 4.08. The van der Waals surface area contributed by atoms with E-state index in [1.165, 1.54) is 12.0 Å². The van der Waals surface area contributed by atoms with Crippen LogP contribution in [0.5, 0.6) is 0 Å². The number of carbonyl (C=O) groups is 1. The second kappa shape index (κ2) is 10.3. The summed E-state index contributed by atoms with van der Waals surface area (Å²) in [6.07, 6.45) is 3.58. The summed E-state index contributed by atoms with van der Waals surface area (Å²) in [4.78, 5) is 19.5. The van der Waals surface area contributed by atoms with Gasteiger partial charge in [-0.1, -0.05) is 23.7 Å². The van der Waals surface area contributed by atoms with E-state index in [-0.39, 0.29) is 0 Å². The SMILES string of the molecule is CC1CN(C(=O)CCCc2cccc(Cl)c2)CC(C)N1CCCN(C)C. The summed E-state index contributed by atoms with van der Waals surface area (Å²) in [6.45, 7) is 8.42. The second-order valence-corrected chi connectivity index (χ2v) is 8.31. The molecule has 1 aliphatic heterocycles. The van der Waals surface area contributed by atoms with Crippen molar-refractivity contribution in [3.8, 4) is 0 Å². The van der Waals surface area contributed by atoms with Gasteiger partial charge in [0.05, 0.1) is 0 Å². The van der Waals surface area contributed by atoms with Crippen molar-refractivity contribution < 1.29 is 4.79 Å². The van der Waals surface area contributed by atoms with Gasteiger partial charge >= 0.3 is 0 Å². The third-order valence-electron chi connectivity index (χ3n) is 5.22. The standard InChI is InChI=1S/C21H34ClN3O/c1-17-15-24(16-18(2)25(17)13-7-12-23(3)4)21(26)11-6-9-19-8-5-10-20(22)14-19/h5,8,10,14,17-18H,6-7,9,11-13,15-16H2,1-4H3. The van der Waals surface area contributed by atoms with Crippen LogP contribution in [0.2, 0.25) is 5.02 Å². The summed E-state index contributed by atoms with van der Waals surface area (Å²) in [5.41, 5.74) is 1.21. The highest BCUT2D eigenvalue weighted by Gasteiger charge is 2.30. The van der Waals surface area contributed by atoms with Gasteiger partial charge in [0.2, 0.25) is 5.91 Å². The Kier molecular flexibility index (Phi) is 8.39. The number of piperazine rings is 1. The van der Waals surface area contributed by atoms with Crippen LogP contribution in [0.25, 0.3) is 0 Å². The van der Waals surface area contributed by atoms with E-state index in [4.69, 9.17) is 11.6 Å². The van der Waals surface area contributed by atoms with Gasteiger partial charge in [0.15, 0.2) is 0 Å². The Bertz CT molecular complexity index is 566. The molecule has 0 radical (unpaired) electrons. The first kappa shape index (κ1) is 21.2. The molecule has 1 heterocycles. The minimum absolute atomic E-state index is 0.290. The van der Waals surface area contributed by atoms with Gasteiger partial charge in [-0.15, -0.1) is 0 Å². The average molecular weight is 380 g/mol. The van der Waals surface area contributed by atoms with E-state index in [1.807, 2.05) is 18.2 Å². The van der Waals surface area contributed by atoms with Crippen LogP contribution < -0.4 is 0 Å². The summed E-state index contributed by atoms with van der Waals surface area (Å²) in [5, 5.41) is 0.766. The molecule has 1 aromatic rings. The third kappa shape index (κ3) is 6.57. The van der Waals surface area contributed by atoms with Gasteiger partial charge in [-0.3, -0.25) is 9.69 Å². The predicted octanol–water partition coefficient (Wildman–Crippen LogP) is 3.54. The maximum atomic E-state index is 12.6. The Morgan fingerprint density at radius 1 is 1.19 bits per heavy atom. The zero-order chi connectivity index (χ0) is 19.1. The molecule has 1 fully saturated rings. The van der Waals surface area contributed by atoms with Crippen LogP contribution >= 0.6 is 11.6 Å². The number of hydrogen-bond donors (Lipinski definition) is 0. The maximum absolute atomic E-state index is 12.6. The van der Waals surface area contributed by atoms with Crippen molar-refractivity contribution in [2.75, 3.05) is 40.3 Å². The molecule has 1 aromatic carbocycles. The summed E-state index contributed by atoms with van der Waals surface area (Å²) in [6, 6.07) is 8.78. The third-order valence-corrected chi connectivity index (χ3v) is 5.46. The van der Waals surface area contributed by atoms with Crippen LogP contribution in [-0.4, -0.2) is 73.0 Å². The van der Waals surface area contributed by atoms with Crippen molar-refractivity contribution in [3.05, 3.63) is 34.9 Å². The molecule has 2 rings (SSSR count). The number of halogens is 1. The number of nitrogens with zero attached hydrogens (tertiary/aromatic N) is 3. The van der Waals surface area contributed by atoms with Crippen molar-refractivity contribution >= 4 is 17.5 Å². The molecule has 0 N–H and O–H groups in total. The molecule has 146 valence electrons. The minimum atomic E-state index is 0.290. The molecule has 0 aliphatic carbocycles. The molecule has 1 aliphatic rings. The number of aryl methyl sites for hydroxylation is 1. The quantitative estimate of drug-likeness (QED) is 0.691. The highest BCUT2D eigenvalue weighted by atomic mass is 35.5. The first-order valence-electron chi connectivity index (χ1n) is 9.79. The molecule has 2 unspecified atom stereocenters. The number of hydrogen-bond acceptors (Lipinski definition) is 3. The summed E-state index contributed by atoms with van der Waals surface area (Å²) in [7, 11) is 4.24. The first-order valence-corrected chi connectivity index (χ1v) is 10.2. The Balaban J connectivity index is 1.76. The Morgan fingerprint density at radius 3 is 2.50 bits per heavy atom. The Labute approximate surface area is 164 Å². The van der Waals surface area contributed by atoms with Gasteiger partial charge in [-0.2, -0.15) is 0 Å². The smallest absolute Gasteiger partial charge is 0.222 e. The lowest BCUT2D eigenvalue weighted by molar-refractivity contribution is -0.135. The number of carbonyl (C=O) groups excluding carboxylic acids is 1. The Morgan fingerprint density at radius 2 is 1.88 bits per heavy atom. The normalized spacial score (nSPS) is 21.4. The zero-order valence-corrected chi connectivity index (χ0v) is 17.5. The fourth-order valence-electron chi connectivity index (χ4n) is 3.86. The molecule has 5 heteroatoms. The van der Waals surface area contributed by atoms with E-state index in [0.717, 1.165) is 44.0 Å². The van der Waals surface area contributed by atoms with E-state index in [9.17, 15) is 4.79 Å². The van der Waals surface area contributed by atoms with Gasteiger partial charge in [0.1, 0.15) is 0 Å². The van der Waals surface area contributed by atoms with Crippen LogP contribution in [0.1, 0.15) is 38.7 Å². The average Bonchev–Trinajstić information content (AvgIpc) is 2.57. The predicted molar refractivity (Wildman–Crippen MR) is 110 cm³/mol. The van der Waals surface area contributed by atoms with E-state index in [1.54, 1.807) is 0 Å². The van der Waals surface area contributed by atoms with Gasteiger partial charge in [0, 0.05) is 43.2 Å². The van der Waals surface area contributed by atoms with Crippen molar-refractivity contribution in [2.45, 2.75) is 51.6 Å². The van der Waals surface area contributed by atoms with Crippen LogP contribution in [-0.2, 0) is 11.2 Å². The van der Waals surface area contributed by atoms with Crippen molar-refractivity contribution in [3.63, 3.8) is 0 Å². The molecule has 0 spiro atoms. The van der Waals surface area contributed by atoms with E-state index >= 15 is 0 Å². The molecule has 0 bridgehead atoms. The molecule has 4 nitrogen and oxygen atoms in total. The lowest BCUT2D eigenvalue weighted by atomic mass is 10.0. The maximum Gasteiger partial charge on any atom is 0.222 e. The summed E-state index contributed by atoms with van der Waals surface area (Å²) in [5.74, 6) is 0.290. The molecule has 1 saturated heterocycles. The highest BCUT2D eigenvalue weighted by molar-refractivity contribution is 6.30. The summed E-state index contributed by atoms with van der Waals surface area (Å²) < 4.78 is 0. The molecule has 2 atom stereocenters. The summed E-state index contributed by atoms with van der Waals surface area (Å²) >= 11 is 6.02. The fraction of sp³-hybridized carbons (Fsp3) is 0.667. The monoisotopic (exact) mass is 379 g/mol. The van der Waals surface area contributed by atoms with Gasteiger partial charge < -0.3 is 9.80 Å². The zero-order valence-electron chi connectivity index (χ0n) is 16.7. The van der Waals surface area contributed by atoms with E-state index in [2.05, 4.69) is 48.7 Å². The van der Waals surface area contributed by atoms with Gasteiger partial charge in [-0.25, -0.2) is 0 Å². The molecule has 1 amide bonds. The molecule has 26 heavy (non-hydrogen) atoms. The topological polar surface area (TPSA) is 26.8 Å². The van der Waals surface area contributed by atoms with Crippen LogP contribution in [0.4, 0.5) is 0 Å². The number of benzene rings is 1. The molecular formula is C21H34ClN3O. The van der Waals surface area contributed by atoms with Crippen LogP contribution in [0.3, 0.4) is 0 Å². The van der Waals surface area contributed by atoms with Crippen LogP contribution in [0.15, 0.2) is 24.3 Å². The minimum Gasteiger partial charge on any atom is -0.340 e.